The maximum atomic E-state index is 11.7. The second-order valence-electron chi connectivity index (χ2n) is 4.67. The summed E-state index contributed by atoms with van der Waals surface area (Å²) in [5, 5.41) is 7.80. The number of fused-ring (bicyclic) bond motifs is 1. The molecular formula is C13H16N4O2. The van der Waals surface area contributed by atoms with E-state index in [4.69, 9.17) is 4.74 Å². The zero-order valence-electron chi connectivity index (χ0n) is 10.8. The van der Waals surface area contributed by atoms with E-state index in [2.05, 4.69) is 15.4 Å². The number of piperidine rings is 1. The Bertz CT molecular complexity index is 602. The maximum absolute atomic E-state index is 11.7. The standard InChI is InChI=1S/C13H16N4O2/c1-19-13(18)10-3-2-4-11-15-12(16-17(10)11)9-5-7-14-8-6-9/h2-4,9,14H,5-8H2,1H3. The van der Waals surface area contributed by atoms with E-state index >= 15 is 0 Å². The number of ether oxygens (including phenoxy) is 1. The molecule has 0 unspecified atom stereocenters. The summed E-state index contributed by atoms with van der Waals surface area (Å²) in [6.07, 6.45) is 2.06. The SMILES string of the molecule is COC(=O)c1cccc2nc(C3CCNCC3)nn12. The Labute approximate surface area is 110 Å². The fourth-order valence-electron chi connectivity index (χ4n) is 2.43. The second kappa shape index (κ2) is 4.97. The van der Waals surface area contributed by atoms with Crippen LogP contribution in [0.3, 0.4) is 0 Å². The molecule has 0 bridgehead atoms. The summed E-state index contributed by atoms with van der Waals surface area (Å²) in [5.74, 6) is 0.789. The lowest BCUT2D eigenvalue weighted by Gasteiger charge is -2.19. The number of nitrogens with zero attached hydrogens (tertiary/aromatic N) is 3. The van der Waals surface area contributed by atoms with Crippen molar-refractivity contribution in [3.8, 4) is 0 Å². The summed E-state index contributed by atoms with van der Waals surface area (Å²) in [6.45, 7) is 1.98. The van der Waals surface area contributed by atoms with E-state index in [0.29, 0.717) is 17.3 Å². The van der Waals surface area contributed by atoms with Crippen LogP contribution in [0.1, 0.15) is 35.1 Å². The molecule has 2 aromatic heterocycles. The van der Waals surface area contributed by atoms with Crippen molar-refractivity contribution in [3.63, 3.8) is 0 Å². The summed E-state index contributed by atoms with van der Waals surface area (Å²) in [7, 11) is 1.37. The van der Waals surface area contributed by atoms with Crippen LogP contribution in [0, 0.1) is 0 Å². The fraction of sp³-hybridized carbons (Fsp3) is 0.462. The number of pyridine rings is 1. The summed E-state index contributed by atoms with van der Waals surface area (Å²) in [4.78, 5) is 16.2. The molecule has 6 heteroatoms. The molecule has 2 aromatic rings. The van der Waals surface area contributed by atoms with Gasteiger partial charge in [-0.1, -0.05) is 6.07 Å². The Balaban J connectivity index is 2.02. The minimum atomic E-state index is -0.396. The molecule has 19 heavy (non-hydrogen) atoms. The van der Waals surface area contributed by atoms with Gasteiger partial charge in [-0.05, 0) is 38.1 Å². The van der Waals surface area contributed by atoms with Gasteiger partial charge in [0.2, 0.25) is 0 Å². The molecule has 100 valence electrons. The number of carbonyl (C=O) groups is 1. The first-order valence-electron chi connectivity index (χ1n) is 6.44. The minimum absolute atomic E-state index is 0.367. The Morgan fingerprint density at radius 1 is 1.42 bits per heavy atom. The minimum Gasteiger partial charge on any atom is -0.464 e. The van der Waals surface area contributed by atoms with Gasteiger partial charge < -0.3 is 10.1 Å². The highest BCUT2D eigenvalue weighted by Crippen LogP contribution is 2.23. The predicted octanol–water partition coefficient (Wildman–Crippen LogP) is 0.983. The molecule has 3 rings (SSSR count). The molecule has 0 spiro atoms. The van der Waals surface area contributed by atoms with Gasteiger partial charge in [-0.2, -0.15) is 5.10 Å². The highest BCUT2D eigenvalue weighted by atomic mass is 16.5. The van der Waals surface area contributed by atoms with E-state index in [0.717, 1.165) is 31.8 Å². The van der Waals surface area contributed by atoms with Gasteiger partial charge in [0.1, 0.15) is 0 Å². The summed E-state index contributed by atoms with van der Waals surface area (Å²) in [6, 6.07) is 5.34. The van der Waals surface area contributed by atoms with Crippen molar-refractivity contribution in [3.05, 3.63) is 29.7 Å². The lowest BCUT2D eigenvalue weighted by Crippen LogP contribution is -2.27. The molecule has 0 aliphatic carbocycles. The van der Waals surface area contributed by atoms with Gasteiger partial charge >= 0.3 is 5.97 Å². The van der Waals surface area contributed by atoms with Crippen molar-refractivity contribution in [2.45, 2.75) is 18.8 Å². The van der Waals surface area contributed by atoms with Crippen LogP contribution in [0.2, 0.25) is 0 Å². The van der Waals surface area contributed by atoms with Crippen molar-refractivity contribution in [1.82, 2.24) is 19.9 Å². The highest BCUT2D eigenvalue weighted by Gasteiger charge is 2.21. The first kappa shape index (κ1) is 12.1. The molecule has 1 saturated heterocycles. The van der Waals surface area contributed by atoms with Crippen molar-refractivity contribution >= 4 is 11.6 Å². The zero-order chi connectivity index (χ0) is 13.2. The molecule has 0 aromatic carbocycles. The Hall–Kier alpha value is -1.95. The van der Waals surface area contributed by atoms with Crippen LogP contribution < -0.4 is 5.32 Å². The van der Waals surface area contributed by atoms with Gasteiger partial charge in [-0.15, -0.1) is 0 Å². The van der Waals surface area contributed by atoms with E-state index in [1.54, 1.807) is 16.6 Å². The summed E-state index contributed by atoms with van der Waals surface area (Å²) in [5.41, 5.74) is 1.10. The number of rotatable bonds is 2. The van der Waals surface area contributed by atoms with Crippen LogP contribution in [-0.4, -0.2) is 40.8 Å². The van der Waals surface area contributed by atoms with E-state index in [1.165, 1.54) is 7.11 Å². The maximum Gasteiger partial charge on any atom is 0.356 e. The molecular weight excluding hydrogens is 244 g/mol. The molecule has 1 N–H and O–H groups in total. The fourth-order valence-corrected chi connectivity index (χ4v) is 2.43. The van der Waals surface area contributed by atoms with Crippen molar-refractivity contribution in [2.75, 3.05) is 20.2 Å². The topological polar surface area (TPSA) is 68.5 Å². The highest BCUT2D eigenvalue weighted by molar-refractivity contribution is 5.88. The number of hydrogen-bond donors (Lipinski definition) is 1. The average Bonchev–Trinajstić information content (AvgIpc) is 2.91. The first-order valence-corrected chi connectivity index (χ1v) is 6.44. The lowest BCUT2D eigenvalue weighted by molar-refractivity contribution is 0.0590. The third-order valence-corrected chi connectivity index (χ3v) is 3.47. The first-order chi connectivity index (χ1) is 9.29. The van der Waals surface area contributed by atoms with Crippen LogP contribution in [-0.2, 0) is 4.74 Å². The monoisotopic (exact) mass is 260 g/mol. The van der Waals surface area contributed by atoms with Crippen molar-refractivity contribution in [2.24, 2.45) is 0 Å². The van der Waals surface area contributed by atoms with Crippen LogP contribution in [0.4, 0.5) is 0 Å². The zero-order valence-corrected chi connectivity index (χ0v) is 10.8. The summed E-state index contributed by atoms with van der Waals surface area (Å²) >= 11 is 0. The van der Waals surface area contributed by atoms with Gasteiger partial charge in [0.05, 0.1) is 7.11 Å². The number of esters is 1. The molecule has 1 aliphatic heterocycles. The Morgan fingerprint density at radius 2 is 2.21 bits per heavy atom. The molecule has 0 radical (unpaired) electrons. The molecule has 0 amide bonds. The van der Waals surface area contributed by atoms with Gasteiger partial charge in [-0.3, -0.25) is 0 Å². The lowest BCUT2D eigenvalue weighted by atomic mass is 9.98. The third kappa shape index (κ3) is 2.19. The molecule has 6 nitrogen and oxygen atoms in total. The smallest absolute Gasteiger partial charge is 0.356 e. The Kier molecular flexibility index (Phi) is 3.16. The van der Waals surface area contributed by atoms with Gasteiger partial charge in [0.15, 0.2) is 17.2 Å². The number of methoxy groups -OCH3 is 1. The normalized spacial score (nSPS) is 16.7. The van der Waals surface area contributed by atoms with Crippen LogP contribution in [0.5, 0.6) is 0 Å². The number of hydrogen-bond acceptors (Lipinski definition) is 5. The number of nitrogens with one attached hydrogen (secondary N) is 1. The molecule has 0 saturated carbocycles. The van der Waals surface area contributed by atoms with Crippen molar-refractivity contribution < 1.29 is 9.53 Å². The quantitative estimate of drug-likeness (QED) is 0.815. The van der Waals surface area contributed by atoms with Gasteiger partial charge in [-0.25, -0.2) is 14.3 Å². The number of aromatic nitrogens is 3. The van der Waals surface area contributed by atoms with Crippen LogP contribution >= 0.6 is 0 Å². The predicted molar refractivity (Wildman–Crippen MR) is 69.2 cm³/mol. The van der Waals surface area contributed by atoms with E-state index in [-0.39, 0.29) is 0 Å². The van der Waals surface area contributed by atoms with E-state index < -0.39 is 5.97 Å². The molecule has 3 heterocycles. The average molecular weight is 260 g/mol. The molecule has 1 fully saturated rings. The van der Waals surface area contributed by atoms with Gasteiger partial charge in [0.25, 0.3) is 0 Å². The number of carbonyl (C=O) groups excluding carboxylic acids is 1. The third-order valence-electron chi connectivity index (χ3n) is 3.47. The summed E-state index contributed by atoms with van der Waals surface area (Å²) < 4.78 is 6.33. The van der Waals surface area contributed by atoms with E-state index in [1.807, 2.05) is 6.07 Å². The largest absolute Gasteiger partial charge is 0.464 e. The van der Waals surface area contributed by atoms with Crippen molar-refractivity contribution in [1.29, 1.82) is 0 Å². The van der Waals surface area contributed by atoms with E-state index in [9.17, 15) is 4.79 Å². The van der Waals surface area contributed by atoms with Crippen LogP contribution in [0.25, 0.3) is 5.65 Å². The van der Waals surface area contributed by atoms with Crippen LogP contribution in [0.15, 0.2) is 18.2 Å². The Morgan fingerprint density at radius 3 is 2.95 bits per heavy atom. The molecule has 1 aliphatic rings. The second-order valence-corrected chi connectivity index (χ2v) is 4.67. The molecule has 0 atom stereocenters. The van der Waals surface area contributed by atoms with Gasteiger partial charge in [0, 0.05) is 5.92 Å².